The van der Waals surface area contributed by atoms with E-state index >= 15 is 0 Å². The molecule has 2 nitrogen and oxygen atoms in total. The topological polar surface area (TPSA) is 46.2 Å². The Morgan fingerprint density at radius 3 is 1.43 bits per heavy atom. The van der Waals surface area contributed by atoms with E-state index < -0.39 is 5.60 Å². The van der Waals surface area contributed by atoms with Crippen molar-refractivity contribution in [1.82, 2.24) is 0 Å². The Kier molecular flexibility index (Phi) is 7.48. The van der Waals surface area contributed by atoms with Gasteiger partial charge in [0, 0.05) is 22.9 Å². The molecule has 0 unspecified atom stereocenters. The summed E-state index contributed by atoms with van der Waals surface area (Å²) in [5, 5.41) is 11.3. The second-order valence-corrected chi connectivity index (χ2v) is 5.27. The molecular weight excluding hydrogens is 256 g/mol. The molecule has 0 saturated heterocycles. The van der Waals surface area contributed by atoms with E-state index in [2.05, 4.69) is 0 Å². The predicted molar refractivity (Wildman–Crippen MR) is 90.2 cm³/mol. The number of benzene rings is 2. The first-order chi connectivity index (χ1) is 9.06. The van der Waals surface area contributed by atoms with Crippen LogP contribution in [-0.4, -0.2) is 28.0 Å². The van der Waals surface area contributed by atoms with E-state index in [4.69, 9.17) is 5.73 Å². The van der Waals surface area contributed by atoms with Crippen LogP contribution in [0.3, 0.4) is 0 Å². The van der Waals surface area contributed by atoms with Gasteiger partial charge in [0.2, 0.25) is 0 Å². The minimum atomic E-state index is -1.16. The summed E-state index contributed by atoms with van der Waals surface area (Å²) in [5.41, 5.74) is 6.82. The van der Waals surface area contributed by atoms with Crippen LogP contribution in [0, 0.1) is 5.92 Å². The summed E-state index contributed by atoms with van der Waals surface area (Å²) in [4.78, 5) is 0. The molecule has 1 atom stereocenters. The lowest BCUT2D eigenvalue weighted by Crippen LogP contribution is -2.49. The zero-order valence-electron chi connectivity index (χ0n) is 12.6. The van der Waals surface area contributed by atoms with E-state index in [0.29, 0.717) is 0 Å². The number of hydrogen-bond acceptors (Lipinski definition) is 2. The number of rotatable bonds is 4. The third-order valence-corrected chi connectivity index (χ3v) is 3.63. The van der Waals surface area contributed by atoms with Gasteiger partial charge < -0.3 is 10.8 Å². The highest BCUT2D eigenvalue weighted by molar-refractivity contribution is 5.76. The van der Waals surface area contributed by atoms with E-state index in [9.17, 15) is 5.11 Å². The van der Waals surface area contributed by atoms with E-state index in [1.165, 1.54) is 0 Å². The molecule has 3 N–H and O–H groups in total. The third kappa shape index (κ3) is 3.78. The maximum atomic E-state index is 11.3. The molecule has 0 spiro atoms. The smallest absolute Gasteiger partial charge is 0.130 e. The maximum absolute atomic E-state index is 11.3. The minimum Gasteiger partial charge on any atom is -0.379 e. The lowest BCUT2D eigenvalue weighted by Gasteiger charge is -2.37. The summed E-state index contributed by atoms with van der Waals surface area (Å²) >= 11 is 0. The van der Waals surface area contributed by atoms with Gasteiger partial charge in [-0.05, 0) is 17.0 Å². The van der Waals surface area contributed by atoms with Crippen molar-refractivity contribution in [2.24, 2.45) is 11.7 Å². The predicted octanol–water partition coefficient (Wildman–Crippen LogP) is 2.14. The van der Waals surface area contributed by atoms with Gasteiger partial charge in [0.15, 0.2) is 0 Å². The van der Waals surface area contributed by atoms with Crippen molar-refractivity contribution in [2.45, 2.75) is 25.5 Å². The van der Waals surface area contributed by atoms with Gasteiger partial charge in [-0.3, -0.25) is 0 Å². The van der Waals surface area contributed by atoms with Gasteiger partial charge in [-0.2, -0.15) is 0 Å². The van der Waals surface area contributed by atoms with Gasteiger partial charge in [-0.25, -0.2) is 0 Å². The van der Waals surface area contributed by atoms with Crippen LogP contribution in [0.2, 0.25) is 0 Å². The molecule has 21 heavy (non-hydrogen) atoms. The molecule has 2 aromatic rings. The molecule has 0 saturated carbocycles. The first-order valence-corrected chi connectivity index (χ1v) is 6.66. The molecule has 6 radical (unpaired) electrons. The quantitative estimate of drug-likeness (QED) is 0.841. The average molecular weight is 277 g/mol. The molecule has 0 heterocycles. The highest BCUT2D eigenvalue weighted by Crippen LogP contribution is 2.34. The van der Waals surface area contributed by atoms with Gasteiger partial charge >= 0.3 is 0 Å². The van der Waals surface area contributed by atoms with Crippen molar-refractivity contribution >= 4 is 16.8 Å². The fourth-order valence-electron chi connectivity index (χ4n) is 2.42. The monoisotopic (exact) mass is 277 g/mol. The van der Waals surface area contributed by atoms with Crippen molar-refractivity contribution in [3.05, 3.63) is 71.8 Å². The largest absolute Gasteiger partial charge is 0.379 e. The maximum Gasteiger partial charge on any atom is 0.130 e. The van der Waals surface area contributed by atoms with Crippen LogP contribution in [0.4, 0.5) is 0 Å². The molecule has 106 valence electrons. The molecule has 2 rings (SSSR count). The lowest BCUT2D eigenvalue weighted by molar-refractivity contribution is 0.0353. The summed E-state index contributed by atoms with van der Waals surface area (Å²) in [6, 6.07) is 18.9. The molecule has 0 aliphatic heterocycles. The Morgan fingerprint density at radius 1 is 0.810 bits per heavy atom. The van der Waals surface area contributed by atoms with Crippen LogP contribution >= 0.6 is 0 Å². The summed E-state index contributed by atoms with van der Waals surface area (Å²) in [5.74, 6) is 0.172. The Balaban J connectivity index is 0.00000200. The fraction of sp³-hybridized carbons (Fsp3) is 0.294. The zero-order valence-corrected chi connectivity index (χ0v) is 12.6. The van der Waals surface area contributed by atoms with Gasteiger partial charge in [-0.15, -0.1) is 0 Å². The SMILES string of the molecule is CC(C)[C@H](N)C(O)(c1ccccc1)c1ccccc1.[B].[B]. The summed E-state index contributed by atoms with van der Waals surface area (Å²) in [7, 11) is 0. The van der Waals surface area contributed by atoms with Crippen LogP contribution in [0.5, 0.6) is 0 Å². The lowest BCUT2D eigenvalue weighted by atomic mass is 9.76. The molecule has 0 aliphatic rings. The Bertz CT molecular complexity index is 477. The molecule has 0 fully saturated rings. The number of aliphatic hydroxyl groups is 1. The standard InChI is InChI=1S/C17H21NO.2B/c1-13(2)16(18)17(19,14-9-5-3-6-10-14)15-11-7-4-8-12-15;;/h3-13,16,19H,18H2,1-2H3;;/t16-;;/m0../s1. The summed E-state index contributed by atoms with van der Waals surface area (Å²) in [6.07, 6.45) is 0. The molecule has 0 bridgehead atoms. The summed E-state index contributed by atoms with van der Waals surface area (Å²) < 4.78 is 0. The third-order valence-electron chi connectivity index (χ3n) is 3.63. The van der Waals surface area contributed by atoms with Crippen molar-refractivity contribution < 1.29 is 5.11 Å². The van der Waals surface area contributed by atoms with Gasteiger partial charge in [0.05, 0.1) is 0 Å². The number of nitrogens with two attached hydrogens (primary N) is 1. The van der Waals surface area contributed by atoms with Gasteiger partial charge in [0.25, 0.3) is 0 Å². The number of hydrogen-bond donors (Lipinski definition) is 2. The second-order valence-electron chi connectivity index (χ2n) is 5.27. The Labute approximate surface area is 131 Å². The minimum absolute atomic E-state index is 0. The molecule has 4 heteroatoms. The van der Waals surface area contributed by atoms with Gasteiger partial charge in [-0.1, -0.05) is 74.5 Å². The first-order valence-electron chi connectivity index (χ1n) is 6.66. The Morgan fingerprint density at radius 2 is 1.14 bits per heavy atom. The molecule has 0 aliphatic carbocycles. The first kappa shape index (κ1) is 19.5. The molecular formula is C17H21B2NO. The molecule has 2 aromatic carbocycles. The van der Waals surface area contributed by atoms with E-state index in [-0.39, 0.29) is 28.8 Å². The zero-order chi connectivity index (χ0) is 13.9. The van der Waals surface area contributed by atoms with Crippen LogP contribution < -0.4 is 5.73 Å². The van der Waals surface area contributed by atoms with Crippen LogP contribution in [-0.2, 0) is 5.60 Å². The van der Waals surface area contributed by atoms with Crippen molar-refractivity contribution in [1.29, 1.82) is 0 Å². The summed E-state index contributed by atoms with van der Waals surface area (Å²) in [6.45, 7) is 4.06. The normalized spacial score (nSPS) is 12.2. The van der Waals surface area contributed by atoms with Crippen molar-refractivity contribution in [3.8, 4) is 0 Å². The van der Waals surface area contributed by atoms with E-state index in [1.54, 1.807) is 0 Å². The highest BCUT2D eigenvalue weighted by atomic mass is 16.3. The average Bonchev–Trinajstić information content (AvgIpc) is 2.47. The van der Waals surface area contributed by atoms with Crippen molar-refractivity contribution in [3.63, 3.8) is 0 Å². The van der Waals surface area contributed by atoms with Crippen LogP contribution in [0.1, 0.15) is 25.0 Å². The highest BCUT2D eigenvalue weighted by Gasteiger charge is 2.39. The van der Waals surface area contributed by atoms with Crippen LogP contribution in [0.25, 0.3) is 0 Å². The van der Waals surface area contributed by atoms with Crippen molar-refractivity contribution in [2.75, 3.05) is 0 Å². The van der Waals surface area contributed by atoms with E-state index in [0.717, 1.165) is 11.1 Å². The molecule has 0 amide bonds. The fourth-order valence-corrected chi connectivity index (χ4v) is 2.42. The second kappa shape index (κ2) is 8.06. The Hall–Kier alpha value is -1.51. The van der Waals surface area contributed by atoms with Gasteiger partial charge in [0.1, 0.15) is 5.60 Å². The van der Waals surface area contributed by atoms with E-state index in [1.807, 2.05) is 74.5 Å². The molecule has 0 aromatic heterocycles. The van der Waals surface area contributed by atoms with Crippen LogP contribution in [0.15, 0.2) is 60.7 Å².